The fraction of sp³-hybridized carbons (Fsp3) is 0.333. The molecule has 0 unspecified atom stereocenters. The first-order chi connectivity index (χ1) is 13.8. The van der Waals surface area contributed by atoms with Crippen molar-refractivity contribution in [1.29, 1.82) is 0 Å². The monoisotopic (exact) mass is 377 g/mol. The van der Waals surface area contributed by atoms with Crippen molar-refractivity contribution in [3.05, 3.63) is 72.1 Å². The van der Waals surface area contributed by atoms with E-state index in [0.717, 1.165) is 36.3 Å². The van der Waals surface area contributed by atoms with E-state index in [1.54, 1.807) is 11.0 Å². The van der Waals surface area contributed by atoms with Gasteiger partial charge in [-0.15, -0.1) is 5.10 Å². The van der Waals surface area contributed by atoms with Crippen LogP contribution in [0.5, 0.6) is 0 Å². The Labute approximate surface area is 163 Å². The molecule has 1 aliphatic rings. The summed E-state index contributed by atoms with van der Waals surface area (Å²) in [6, 6.07) is 17.8. The van der Waals surface area contributed by atoms with Crippen molar-refractivity contribution in [2.24, 2.45) is 0 Å². The van der Waals surface area contributed by atoms with Crippen LogP contribution in [0.3, 0.4) is 0 Å². The molecule has 1 aromatic heterocycles. The van der Waals surface area contributed by atoms with Gasteiger partial charge in [0.1, 0.15) is 6.33 Å². The highest BCUT2D eigenvalue weighted by Gasteiger charge is 2.23. The molecule has 4 rings (SSSR count). The Morgan fingerprint density at radius 3 is 2.61 bits per heavy atom. The van der Waals surface area contributed by atoms with Crippen LogP contribution < -0.4 is 0 Å². The minimum absolute atomic E-state index is 0.106. The van der Waals surface area contributed by atoms with E-state index in [9.17, 15) is 4.79 Å². The summed E-state index contributed by atoms with van der Waals surface area (Å²) in [6.07, 6.45) is 4.11. The quantitative estimate of drug-likeness (QED) is 0.632. The largest absolute Gasteiger partial charge is 0.376 e. The molecule has 0 saturated carbocycles. The standard InChI is InChI=1S/C21H23N5O2/c27-21(13-17-8-10-19(11-9-17)26-16-22-23-24-26)25(15-20-7-4-12-28-20)14-18-5-2-1-3-6-18/h1-3,5-6,8-11,16,20H,4,7,12-15H2/t20-/m0/s1. The van der Waals surface area contributed by atoms with Crippen molar-refractivity contribution in [2.45, 2.75) is 31.9 Å². The van der Waals surface area contributed by atoms with Gasteiger partial charge in [0.25, 0.3) is 0 Å². The van der Waals surface area contributed by atoms with E-state index in [1.807, 2.05) is 47.4 Å². The maximum atomic E-state index is 13.1. The third-order valence-corrected chi connectivity index (χ3v) is 4.92. The third kappa shape index (κ3) is 4.61. The molecular weight excluding hydrogens is 354 g/mol. The molecule has 7 nitrogen and oxygen atoms in total. The minimum atomic E-state index is 0.106. The highest BCUT2D eigenvalue weighted by Crippen LogP contribution is 2.17. The molecule has 1 fully saturated rings. The fourth-order valence-corrected chi connectivity index (χ4v) is 3.43. The first-order valence-electron chi connectivity index (χ1n) is 9.53. The molecule has 0 radical (unpaired) electrons. The van der Waals surface area contributed by atoms with Crippen LogP contribution in [0.4, 0.5) is 0 Å². The number of amides is 1. The van der Waals surface area contributed by atoms with E-state index in [-0.39, 0.29) is 12.0 Å². The second kappa shape index (κ2) is 8.75. The maximum Gasteiger partial charge on any atom is 0.227 e. The van der Waals surface area contributed by atoms with Crippen LogP contribution in [0, 0.1) is 0 Å². The summed E-state index contributed by atoms with van der Waals surface area (Å²) < 4.78 is 7.35. The highest BCUT2D eigenvalue weighted by atomic mass is 16.5. The molecule has 0 aliphatic carbocycles. The molecule has 1 saturated heterocycles. The average Bonchev–Trinajstić information content (AvgIpc) is 3.43. The van der Waals surface area contributed by atoms with Crippen molar-refractivity contribution < 1.29 is 9.53 Å². The molecule has 1 atom stereocenters. The lowest BCUT2D eigenvalue weighted by atomic mass is 10.1. The van der Waals surface area contributed by atoms with Crippen LogP contribution >= 0.6 is 0 Å². The Kier molecular flexibility index (Phi) is 5.72. The van der Waals surface area contributed by atoms with E-state index < -0.39 is 0 Å². The zero-order valence-corrected chi connectivity index (χ0v) is 15.6. The van der Waals surface area contributed by atoms with Gasteiger partial charge in [0.15, 0.2) is 0 Å². The summed E-state index contributed by atoms with van der Waals surface area (Å²) >= 11 is 0. The first-order valence-corrected chi connectivity index (χ1v) is 9.53. The topological polar surface area (TPSA) is 73.1 Å². The number of nitrogens with zero attached hydrogens (tertiary/aromatic N) is 5. The summed E-state index contributed by atoms with van der Waals surface area (Å²) in [6.45, 7) is 2.02. The number of ether oxygens (including phenoxy) is 1. The predicted octanol–water partition coefficient (Wildman–Crippen LogP) is 2.41. The molecule has 1 amide bonds. The molecule has 0 bridgehead atoms. The summed E-state index contributed by atoms with van der Waals surface area (Å²) in [7, 11) is 0. The average molecular weight is 377 g/mol. The summed E-state index contributed by atoms with van der Waals surface area (Å²) in [5.41, 5.74) is 2.96. The van der Waals surface area contributed by atoms with E-state index >= 15 is 0 Å². The second-order valence-corrected chi connectivity index (χ2v) is 6.99. The number of hydrogen-bond acceptors (Lipinski definition) is 5. The maximum absolute atomic E-state index is 13.1. The van der Waals surface area contributed by atoms with Crippen LogP contribution in [-0.4, -0.2) is 50.3 Å². The van der Waals surface area contributed by atoms with Gasteiger partial charge >= 0.3 is 0 Å². The predicted molar refractivity (Wildman–Crippen MR) is 104 cm³/mol. The van der Waals surface area contributed by atoms with Crippen LogP contribution in [0.2, 0.25) is 0 Å². The number of carbonyl (C=O) groups excluding carboxylic acids is 1. The molecule has 1 aliphatic heterocycles. The highest BCUT2D eigenvalue weighted by molar-refractivity contribution is 5.79. The first kappa shape index (κ1) is 18.3. The van der Waals surface area contributed by atoms with Gasteiger partial charge in [0.05, 0.1) is 18.2 Å². The molecule has 2 heterocycles. The number of rotatable bonds is 7. The van der Waals surface area contributed by atoms with Gasteiger partial charge in [-0.3, -0.25) is 4.79 Å². The summed E-state index contributed by atoms with van der Waals surface area (Å²) in [5, 5.41) is 11.2. The Morgan fingerprint density at radius 2 is 1.93 bits per heavy atom. The molecule has 3 aromatic rings. The number of benzene rings is 2. The molecule has 7 heteroatoms. The summed E-state index contributed by atoms with van der Waals surface area (Å²) in [5.74, 6) is 0.106. The minimum Gasteiger partial charge on any atom is -0.376 e. The van der Waals surface area contributed by atoms with Crippen molar-refractivity contribution in [2.75, 3.05) is 13.2 Å². The fourth-order valence-electron chi connectivity index (χ4n) is 3.43. The van der Waals surface area contributed by atoms with Crippen molar-refractivity contribution in [3.8, 4) is 5.69 Å². The van der Waals surface area contributed by atoms with E-state index in [2.05, 4.69) is 27.7 Å². The number of carbonyl (C=O) groups is 1. The van der Waals surface area contributed by atoms with Crippen LogP contribution in [-0.2, 0) is 22.5 Å². The van der Waals surface area contributed by atoms with Gasteiger partial charge in [-0.1, -0.05) is 42.5 Å². The van der Waals surface area contributed by atoms with Crippen LogP contribution in [0.15, 0.2) is 60.9 Å². The molecular formula is C21H23N5O2. The van der Waals surface area contributed by atoms with Crippen molar-refractivity contribution in [3.63, 3.8) is 0 Å². The zero-order chi connectivity index (χ0) is 19.2. The van der Waals surface area contributed by atoms with Crippen molar-refractivity contribution >= 4 is 5.91 Å². The Morgan fingerprint density at radius 1 is 1.11 bits per heavy atom. The number of tetrazole rings is 1. The molecule has 144 valence electrons. The zero-order valence-electron chi connectivity index (χ0n) is 15.6. The Hall–Kier alpha value is -3.06. The summed E-state index contributed by atoms with van der Waals surface area (Å²) in [4.78, 5) is 15.0. The normalized spacial score (nSPS) is 16.2. The SMILES string of the molecule is O=C(Cc1ccc(-n2cnnn2)cc1)N(Cc1ccccc1)C[C@@H]1CCCO1. The van der Waals surface area contributed by atoms with Gasteiger partial charge in [-0.25, -0.2) is 4.68 Å². The third-order valence-electron chi connectivity index (χ3n) is 4.92. The van der Waals surface area contributed by atoms with E-state index in [0.29, 0.717) is 19.5 Å². The van der Waals surface area contributed by atoms with Gasteiger partial charge in [0.2, 0.25) is 5.91 Å². The smallest absolute Gasteiger partial charge is 0.227 e. The lowest BCUT2D eigenvalue weighted by Crippen LogP contribution is -2.37. The van der Waals surface area contributed by atoms with Crippen LogP contribution in [0.25, 0.3) is 5.69 Å². The van der Waals surface area contributed by atoms with Gasteiger partial charge < -0.3 is 9.64 Å². The Bertz CT molecular complexity index is 875. The van der Waals surface area contributed by atoms with Crippen LogP contribution in [0.1, 0.15) is 24.0 Å². The number of aromatic nitrogens is 4. The van der Waals surface area contributed by atoms with Gasteiger partial charge in [-0.05, 0) is 46.5 Å². The molecule has 0 spiro atoms. The van der Waals surface area contributed by atoms with Gasteiger partial charge in [0, 0.05) is 19.7 Å². The molecule has 2 aromatic carbocycles. The molecule has 28 heavy (non-hydrogen) atoms. The molecule has 0 N–H and O–H groups in total. The van der Waals surface area contributed by atoms with E-state index in [4.69, 9.17) is 4.74 Å². The Balaban J connectivity index is 1.44. The lowest BCUT2D eigenvalue weighted by molar-refractivity contribution is -0.132. The second-order valence-electron chi connectivity index (χ2n) is 6.99. The number of hydrogen-bond donors (Lipinski definition) is 0. The van der Waals surface area contributed by atoms with E-state index in [1.165, 1.54) is 0 Å². The van der Waals surface area contributed by atoms with Gasteiger partial charge in [-0.2, -0.15) is 0 Å². The lowest BCUT2D eigenvalue weighted by Gasteiger charge is -2.26. The van der Waals surface area contributed by atoms with Crippen molar-refractivity contribution in [1.82, 2.24) is 25.1 Å².